The Morgan fingerprint density at radius 1 is 1.08 bits per heavy atom. The molecule has 3 heterocycles. The molecule has 1 aliphatic rings. The summed E-state index contributed by atoms with van der Waals surface area (Å²) in [5.41, 5.74) is 2.44. The van der Waals surface area contributed by atoms with Gasteiger partial charge in [0.2, 0.25) is 5.91 Å². The zero-order valence-electron chi connectivity index (χ0n) is 14.9. The fourth-order valence-electron chi connectivity index (χ4n) is 3.80. The molecule has 0 radical (unpaired) electrons. The Hall–Kier alpha value is -2.69. The third-order valence-corrected chi connectivity index (χ3v) is 5.33. The predicted octanol–water partition coefficient (Wildman–Crippen LogP) is 3.30. The molecule has 0 aliphatic carbocycles. The van der Waals surface area contributed by atoms with Crippen molar-refractivity contribution in [3.8, 4) is 0 Å². The van der Waals surface area contributed by atoms with Crippen LogP contribution in [0.2, 0.25) is 0 Å². The number of hydrogen-bond acceptors (Lipinski definition) is 3. The second-order valence-electron chi connectivity index (χ2n) is 7.06. The van der Waals surface area contributed by atoms with Gasteiger partial charge in [-0.2, -0.15) is 5.10 Å². The molecule has 0 spiro atoms. The van der Waals surface area contributed by atoms with Crippen molar-refractivity contribution in [1.82, 2.24) is 19.7 Å². The number of para-hydroxylation sites is 1. The molecule has 1 aromatic carbocycles. The first-order valence-electron chi connectivity index (χ1n) is 9.37. The highest BCUT2D eigenvalue weighted by atomic mass is 16.2. The summed E-state index contributed by atoms with van der Waals surface area (Å²) in [6, 6.07) is 12.3. The lowest BCUT2D eigenvalue weighted by molar-refractivity contribution is -0.132. The molecule has 3 aromatic rings. The van der Waals surface area contributed by atoms with Crippen LogP contribution >= 0.6 is 0 Å². The van der Waals surface area contributed by atoms with Gasteiger partial charge >= 0.3 is 0 Å². The van der Waals surface area contributed by atoms with Crippen LogP contribution < -0.4 is 0 Å². The maximum Gasteiger partial charge on any atom is 0.224 e. The van der Waals surface area contributed by atoms with Crippen molar-refractivity contribution in [2.75, 3.05) is 13.1 Å². The number of likely N-dealkylation sites (tertiary alicyclic amines) is 1. The summed E-state index contributed by atoms with van der Waals surface area (Å²) in [4.78, 5) is 18.7. The number of hydrogen-bond donors (Lipinski definition) is 0. The molecule has 0 atom stereocenters. The van der Waals surface area contributed by atoms with Crippen LogP contribution in [0, 0.1) is 5.92 Å². The molecule has 1 fully saturated rings. The Balaban J connectivity index is 1.27. The lowest BCUT2D eigenvalue weighted by Gasteiger charge is -2.32. The van der Waals surface area contributed by atoms with Gasteiger partial charge in [0.05, 0.1) is 18.3 Å². The smallest absolute Gasteiger partial charge is 0.224 e. The molecule has 5 heteroatoms. The molecular formula is C21H24N4O. The van der Waals surface area contributed by atoms with Gasteiger partial charge in [-0.3, -0.25) is 14.5 Å². The van der Waals surface area contributed by atoms with Gasteiger partial charge in [0.25, 0.3) is 0 Å². The van der Waals surface area contributed by atoms with Gasteiger partial charge in [-0.25, -0.2) is 0 Å². The lowest BCUT2D eigenvalue weighted by Crippen LogP contribution is -2.39. The van der Waals surface area contributed by atoms with E-state index in [1.807, 2.05) is 46.4 Å². The lowest BCUT2D eigenvalue weighted by atomic mass is 9.90. The number of nitrogens with zero attached hydrogens (tertiary/aromatic N) is 4. The largest absolute Gasteiger partial charge is 0.343 e. The van der Waals surface area contributed by atoms with Crippen LogP contribution in [-0.2, 0) is 17.8 Å². The minimum atomic E-state index is 0.243. The predicted molar refractivity (Wildman–Crippen MR) is 102 cm³/mol. The Bertz CT molecular complexity index is 866. The molecular weight excluding hydrogens is 324 g/mol. The quantitative estimate of drug-likeness (QED) is 0.711. The summed E-state index contributed by atoms with van der Waals surface area (Å²) < 4.78 is 1.93. The zero-order valence-corrected chi connectivity index (χ0v) is 14.9. The van der Waals surface area contributed by atoms with Crippen molar-refractivity contribution < 1.29 is 4.79 Å². The van der Waals surface area contributed by atoms with Crippen molar-refractivity contribution in [1.29, 1.82) is 0 Å². The van der Waals surface area contributed by atoms with Gasteiger partial charge in [-0.15, -0.1) is 0 Å². The van der Waals surface area contributed by atoms with Gasteiger partial charge < -0.3 is 4.90 Å². The normalized spacial score (nSPS) is 15.5. The number of fused-ring (bicyclic) bond motifs is 1. The SMILES string of the molecule is O=C(CCn1ncc2ccccc21)N1CCC(Cc2ccncc2)CC1. The molecule has 1 aliphatic heterocycles. The molecule has 0 N–H and O–H groups in total. The number of carbonyl (C=O) groups is 1. The molecule has 1 saturated heterocycles. The second-order valence-corrected chi connectivity index (χ2v) is 7.06. The average Bonchev–Trinajstić information content (AvgIpc) is 3.11. The van der Waals surface area contributed by atoms with E-state index in [2.05, 4.69) is 28.3 Å². The van der Waals surface area contributed by atoms with Crippen LogP contribution in [0.15, 0.2) is 55.0 Å². The maximum atomic E-state index is 12.6. The first-order chi connectivity index (χ1) is 12.8. The molecule has 5 nitrogen and oxygen atoms in total. The molecule has 134 valence electrons. The summed E-state index contributed by atoms with van der Waals surface area (Å²) in [7, 11) is 0. The minimum Gasteiger partial charge on any atom is -0.343 e. The molecule has 26 heavy (non-hydrogen) atoms. The number of rotatable bonds is 5. The second kappa shape index (κ2) is 7.68. The van der Waals surface area contributed by atoms with Crippen LogP contribution in [0.1, 0.15) is 24.8 Å². The van der Waals surface area contributed by atoms with E-state index in [4.69, 9.17) is 0 Å². The summed E-state index contributed by atoms with van der Waals surface area (Å²) in [5, 5.41) is 5.53. The van der Waals surface area contributed by atoms with Crippen molar-refractivity contribution in [3.05, 3.63) is 60.6 Å². The third-order valence-electron chi connectivity index (χ3n) is 5.33. The minimum absolute atomic E-state index is 0.243. The molecule has 0 unspecified atom stereocenters. The van der Waals surface area contributed by atoms with Gasteiger partial charge in [0.1, 0.15) is 0 Å². The van der Waals surface area contributed by atoms with E-state index >= 15 is 0 Å². The molecule has 0 bridgehead atoms. The van der Waals surface area contributed by atoms with E-state index in [9.17, 15) is 4.79 Å². The average molecular weight is 348 g/mol. The number of pyridine rings is 1. The molecule has 1 amide bonds. The van der Waals surface area contributed by atoms with Crippen LogP contribution in [0.4, 0.5) is 0 Å². The van der Waals surface area contributed by atoms with E-state index in [-0.39, 0.29) is 5.91 Å². The zero-order chi connectivity index (χ0) is 17.8. The fourth-order valence-corrected chi connectivity index (χ4v) is 3.80. The highest BCUT2D eigenvalue weighted by molar-refractivity contribution is 5.79. The van der Waals surface area contributed by atoms with E-state index in [0.717, 1.165) is 43.3 Å². The van der Waals surface area contributed by atoms with Crippen molar-refractivity contribution >= 4 is 16.8 Å². The first-order valence-corrected chi connectivity index (χ1v) is 9.37. The number of benzene rings is 1. The number of aryl methyl sites for hydroxylation is 1. The Morgan fingerprint density at radius 3 is 2.65 bits per heavy atom. The van der Waals surface area contributed by atoms with Gasteiger partial charge in [-0.05, 0) is 48.9 Å². The highest BCUT2D eigenvalue weighted by Gasteiger charge is 2.22. The number of piperidine rings is 1. The maximum absolute atomic E-state index is 12.6. The van der Waals surface area contributed by atoms with Crippen molar-refractivity contribution in [3.63, 3.8) is 0 Å². The van der Waals surface area contributed by atoms with Crippen molar-refractivity contribution in [2.45, 2.75) is 32.2 Å². The number of amides is 1. The van der Waals surface area contributed by atoms with Crippen LogP contribution in [0.3, 0.4) is 0 Å². The van der Waals surface area contributed by atoms with Crippen LogP contribution in [-0.4, -0.2) is 38.7 Å². The van der Waals surface area contributed by atoms with E-state index in [1.165, 1.54) is 5.56 Å². The summed E-state index contributed by atoms with van der Waals surface area (Å²) in [5.74, 6) is 0.906. The van der Waals surface area contributed by atoms with Gasteiger partial charge in [0.15, 0.2) is 0 Å². The standard InChI is InChI=1S/C21H24N4O/c26-21(9-14-25-20-4-2-1-3-19(20)16-23-25)24-12-7-18(8-13-24)15-17-5-10-22-11-6-17/h1-6,10-11,16,18H,7-9,12-15H2. The monoisotopic (exact) mass is 348 g/mol. The van der Waals surface area contributed by atoms with E-state index < -0.39 is 0 Å². The number of carbonyl (C=O) groups excluding carboxylic acids is 1. The van der Waals surface area contributed by atoms with Crippen LogP contribution in [0.25, 0.3) is 10.9 Å². The third kappa shape index (κ3) is 3.77. The number of aromatic nitrogens is 3. The molecule has 0 saturated carbocycles. The highest BCUT2D eigenvalue weighted by Crippen LogP contribution is 2.22. The topological polar surface area (TPSA) is 51.0 Å². The van der Waals surface area contributed by atoms with Gasteiger partial charge in [-0.1, -0.05) is 18.2 Å². The fraction of sp³-hybridized carbons (Fsp3) is 0.381. The van der Waals surface area contributed by atoms with Gasteiger partial charge in [0, 0.05) is 37.3 Å². The first kappa shape index (κ1) is 16.8. The van der Waals surface area contributed by atoms with E-state index in [1.54, 1.807) is 0 Å². The summed E-state index contributed by atoms with van der Waals surface area (Å²) in [6.07, 6.45) is 9.34. The summed E-state index contributed by atoms with van der Waals surface area (Å²) >= 11 is 0. The van der Waals surface area contributed by atoms with Crippen molar-refractivity contribution in [2.24, 2.45) is 5.92 Å². The molecule has 4 rings (SSSR count). The van der Waals surface area contributed by atoms with E-state index in [0.29, 0.717) is 18.9 Å². The van der Waals surface area contributed by atoms with Crippen LogP contribution in [0.5, 0.6) is 0 Å². The molecule has 2 aromatic heterocycles. The Morgan fingerprint density at radius 2 is 1.85 bits per heavy atom. The summed E-state index contributed by atoms with van der Waals surface area (Å²) in [6.45, 7) is 2.38. The Kier molecular flexibility index (Phi) is 4.95. The Labute approximate surface area is 153 Å².